The molecule has 1 atom stereocenters. The summed E-state index contributed by atoms with van der Waals surface area (Å²) in [5, 5.41) is 5.27. The SMILES string of the molecule is O=C1CCC(C(=O)Nc2ccc(I)cn2)N1. The predicted octanol–water partition coefficient (Wildman–Crippen LogP) is 0.903. The molecule has 84 valence electrons. The lowest BCUT2D eigenvalue weighted by atomic mass is 10.2. The summed E-state index contributed by atoms with van der Waals surface area (Å²) >= 11 is 2.14. The quantitative estimate of drug-likeness (QED) is 0.791. The molecule has 2 rings (SSSR count). The van der Waals surface area contributed by atoms with Gasteiger partial charge < -0.3 is 10.6 Å². The highest BCUT2D eigenvalue weighted by atomic mass is 127. The van der Waals surface area contributed by atoms with Crippen molar-refractivity contribution in [3.8, 4) is 0 Å². The molecule has 0 bridgehead atoms. The van der Waals surface area contributed by atoms with Crippen molar-refractivity contribution in [2.24, 2.45) is 0 Å². The number of nitrogens with one attached hydrogen (secondary N) is 2. The minimum absolute atomic E-state index is 0.0734. The lowest BCUT2D eigenvalue weighted by Gasteiger charge is -2.09. The van der Waals surface area contributed by atoms with E-state index in [-0.39, 0.29) is 11.8 Å². The van der Waals surface area contributed by atoms with Gasteiger partial charge in [0.05, 0.1) is 0 Å². The zero-order chi connectivity index (χ0) is 11.5. The fourth-order valence-corrected chi connectivity index (χ4v) is 1.79. The van der Waals surface area contributed by atoms with Crippen LogP contribution in [0.15, 0.2) is 18.3 Å². The van der Waals surface area contributed by atoms with Crippen LogP contribution in [0.4, 0.5) is 5.82 Å². The summed E-state index contributed by atoms with van der Waals surface area (Å²) in [4.78, 5) is 26.7. The molecule has 0 spiro atoms. The number of anilines is 1. The lowest BCUT2D eigenvalue weighted by Crippen LogP contribution is -2.37. The number of carbonyl (C=O) groups is 2. The highest BCUT2D eigenvalue weighted by Gasteiger charge is 2.27. The van der Waals surface area contributed by atoms with Crippen LogP contribution in [0.2, 0.25) is 0 Å². The number of rotatable bonds is 2. The number of hydrogen-bond donors (Lipinski definition) is 2. The highest BCUT2D eigenvalue weighted by Crippen LogP contribution is 2.11. The van der Waals surface area contributed by atoms with Crippen molar-refractivity contribution in [2.75, 3.05) is 5.32 Å². The minimum Gasteiger partial charge on any atom is -0.344 e. The zero-order valence-electron chi connectivity index (χ0n) is 8.37. The van der Waals surface area contributed by atoms with E-state index in [1.165, 1.54) is 0 Å². The molecule has 6 heteroatoms. The molecule has 1 aromatic rings. The topological polar surface area (TPSA) is 71.1 Å². The maximum absolute atomic E-state index is 11.7. The van der Waals surface area contributed by atoms with Gasteiger partial charge in [-0.3, -0.25) is 9.59 Å². The first-order valence-corrected chi connectivity index (χ1v) is 5.95. The summed E-state index contributed by atoms with van der Waals surface area (Å²) in [6.07, 6.45) is 2.64. The van der Waals surface area contributed by atoms with E-state index in [9.17, 15) is 9.59 Å². The molecule has 1 aromatic heterocycles. The fourth-order valence-electron chi connectivity index (χ4n) is 1.47. The van der Waals surface area contributed by atoms with Crippen LogP contribution in [0.3, 0.4) is 0 Å². The third-order valence-corrected chi connectivity index (χ3v) is 2.93. The Balaban J connectivity index is 1.97. The Bertz CT molecular complexity index is 419. The number of amides is 2. The van der Waals surface area contributed by atoms with E-state index in [4.69, 9.17) is 0 Å². The van der Waals surface area contributed by atoms with Crippen LogP contribution in [0, 0.1) is 3.57 Å². The van der Waals surface area contributed by atoms with Crippen molar-refractivity contribution < 1.29 is 9.59 Å². The number of nitrogens with zero attached hydrogens (tertiary/aromatic N) is 1. The molecule has 0 saturated carbocycles. The van der Waals surface area contributed by atoms with Gasteiger partial charge in [0.15, 0.2) is 0 Å². The van der Waals surface area contributed by atoms with Gasteiger partial charge in [0, 0.05) is 16.2 Å². The maximum Gasteiger partial charge on any atom is 0.248 e. The monoisotopic (exact) mass is 331 g/mol. The van der Waals surface area contributed by atoms with E-state index in [1.54, 1.807) is 12.3 Å². The van der Waals surface area contributed by atoms with E-state index in [0.717, 1.165) is 3.57 Å². The van der Waals surface area contributed by atoms with Crippen molar-refractivity contribution in [3.05, 3.63) is 21.9 Å². The van der Waals surface area contributed by atoms with Crippen molar-refractivity contribution in [1.29, 1.82) is 0 Å². The van der Waals surface area contributed by atoms with Crippen molar-refractivity contribution in [3.63, 3.8) is 0 Å². The van der Waals surface area contributed by atoms with E-state index in [1.807, 2.05) is 6.07 Å². The first kappa shape index (κ1) is 11.3. The van der Waals surface area contributed by atoms with Crippen LogP contribution in [0.5, 0.6) is 0 Å². The molecule has 16 heavy (non-hydrogen) atoms. The Labute approximate surface area is 106 Å². The maximum atomic E-state index is 11.7. The van der Waals surface area contributed by atoms with Gasteiger partial charge in [-0.1, -0.05) is 0 Å². The molecule has 2 N–H and O–H groups in total. The third-order valence-electron chi connectivity index (χ3n) is 2.29. The standard InChI is InChI=1S/C10H10IN3O2/c11-6-1-3-8(12-5-6)14-10(16)7-2-4-9(15)13-7/h1,3,5,7H,2,4H2,(H,13,15)(H,12,14,16). The van der Waals surface area contributed by atoms with Crippen LogP contribution in [0.1, 0.15) is 12.8 Å². The summed E-state index contributed by atoms with van der Waals surface area (Å²) in [6, 6.07) is 3.17. The van der Waals surface area contributed by atoms with Crippen LogP contribution in [-0.2, 0) is 9.59 Å². The number of pyridine rings is 1. The summed E-state index contributed by atoms with van der Waals surface area (Å²) in [5.41, 5.74) is 0. The largest absolute Gasteiger partial charge is 0.344 e. The van der Waals surface area contributed by atoms with Crippen molar-refractivity contribution in [1.82, 2.24) is 10.3 Å². The van der Waals surface area contributed by atoms with Crippen LogP contribution in [0.25, 0.3) is 0 Å². The lowest BCUT2D eigenvalue weighted by molar-refractivity contribution is -0.122. The average molecular weight is 331 g/mol. The molecule has 1 aliphatic rings. The van der Waals surface area contributed by atoms with Gasteiger partial charge in [0.2, 0.25) is 11.8 Å². The van der Waals surface area contributed by atoms with Crippen LogP contribution in [-0.4, -0.2) is 22.8 Å². The summed E-state index contributed by atoms with van der Waals surface area (Å²) in [7, 11) is 0. The summed E-state index contributed by atoms with van der Waals surface area (Å²) in [5.74, 6) is 0.224. The van der Waals surface area contributed by atoms with E-state index in [2.05, 4.69) is 38.2 Å². The van der Waals surface area contributed by atoms with Gasteiger partial charge in [-0.15, -0.1) is 0 Å². The number of aromatic nitrogens is 1. The highest BCUT2D eigenvalue weighted by molar-refractivity contribution is 14.1. The Morgan fingerprint density at radius 1 is 1.56 bits per heavy atom. The molecule has 2 heterocycles. The third kappa shape index (κ3) is 2.69. The first-order chi connectivity index (χ1) is 7.65. The molecule has 1 unspecified atom stereocenters. The Morgan fingerprint density at radius 2 is 2.38 bits per heavy atom. The molecular weight excluding hydrogens is 321 g/mol. The average Bonchev–Trinajstić information content (AvgIpc) is 2.68. The van der Waals surface area contributed by atoms with Gasteiger partial charge >= 0.3 is 0 Å². The van der Waals surface area contributed by atoms with Crippen molar-refractivity contribution >= 4 is 40.2 Å². The zero-order valence-corrected chi connectivity index (χ0v) is 10.5. The number of hydrogen-bond acceptors (Lipinski definition) is 3. The molecule has 0 aromatic carbocycles. The fraction of sp³-hybridized carbons (Fsp3) is 0.300. The Kier molecular flexibility index (Phi) is 3.37. The molecular formula is C10H10IN3O2. The predicted molar refractivity (Wildman–Crippen MR) is 66.7 cm³/mol. The number of halogens is 1. The van der Waals surface area contributed by atoms with Gasteiger partial charge in [-0.25, -0.2) is 4.98 Å². The number of carbonyl (C=O) groups excluding carboxylic acids is 2. The Morgan fingerprint density at radius 3 is 2.94 bits per heavy atom. The molecule has 5 nitrogen and oxygen atoms in total. The van der Waals surface area contributed by atoms with E-state index < -0.39 is 6.04 Å². The molecule has 1 aliphatic heterocycles. The summed E-state index contributed by atoms with van der Waals surface area (Å²) in [6.45, 7) is 0. The van der Waals surface area contributed by atoms with Crippen LogP contribution < -0.4 is 10.6 Å². The smallest absolute Gasteiger partial charge is 0.248 e. The first-order valence-electron chi connectivity index (χ1n) is 4.87. The Hall–Kier alpha value is -1.18. The normalized spacial score (nSPS) is 19.3. The summed E-state index contributed by atoms with van der Waals surface area (Å²) < 4.78 is 1.00. The van der Waals surface area contributed by atoms with E-state index in [0.29, 0.717) is 18.7 Å². The van der Waals surface area contributed by atoms with Gasteiger partial charge in [-0.2, -0.15) is 0 Å². The van der Waals surface area contributed by atoms with Gasteiger partial charge in [-0.05, 0) is 41.1 Å². The van der Waals surface area contributed by atoms with Gasteiger partial charge in [0.1, 0.15) is 11.9 Å². The molecule has 2 amide bonds. The van der Waals surface area contributed by atoms with E-state index >= 15 is 0 Å². The second kappa shape index (κ2) is 4.77. The molecule has 0 radical (unpaired) electrons. The molecule has 1 fully saturated rings. The van der Waals surface area contributed by atoms with Gasteiger partial charge in [0.25, 0.3) is 0 Å². The van der Waals surface area contributed by atoms with Crippen molar-refractivity contribution in [2.45, 2.75) is 18.9 Å². The molecule has 0 aliphatic carbocycles. The minimum atomic E-state index is -0.423. The second-order valence-electron chi connectivity index (χ2n) is 3.51. The second-order valence-corrected chi connectivity index (χ2v) is 4.76. The molecule has 1 saturated heterocycles. The van der Waals surface area contributed by atoms with Crippen LogP contribution >= 0.6 is 22.6 Å².